The minimum atomic E-state index is 0.770. The predicted molar refractivity (Wildman–Crippen MR) is 123 cm³/mol. The fraction of sp³-hybridized carbons (Fsp3) is 0.440. The molecular weight excluding hydrogens is 346 g/mol. The zero-order valence-corrected chi connectivity index (χ0v) is 18.5. The lowest BCUT2D eigenvalue weighted by Gasteiger charge is -2.21. The van der Waals surface area contributed by atoms with Gasteiger partial charge in [-0.05, 0) is 66.9 Å². The summed E-state index contributed by atoms with van der Waals surface area (Å²) in [5.41, 5.74) is 5.44. The van der Waals surface area contributed by atoms with Crippen LogP contribution >= 0.6 is 11.8 Å². The summed E-state index contributed by atoms with van der Waals surface area (Å²) in [6.07, 6.45) is 1.27. The first-order chi connectivity index (χ1) is 13.0. The molecule has 2 rings (SSSR count). The highest BCUT2D eigenvalue weighted by atomic mass is 32.2. The van der Waals surface area contributed by atoms with Crippen LogP contribution in [-0.4, -0.2) is 30.3 Å². The summed E-state index contributed by atoms with van der Waals surface area (Å²) in [6.45, 7) is 14.5. The van der Waals surface area contributed by atoms with Gasteiger partial charge in [-0.2, -0.15) is 0 Å². The standard InChI is InChI=1S/C25H35NS/c1-6-26(7-2)19-21(5)25(22-11-9-8-10-12-22)23-13-15-24(16-14-23)27-18-17-20(3)4/h8-16,20H,6-7,17-19H2,1-5H3. The molecule has 0 bridgehead atoms. The second-order valence-electron chi connectivity index (χ2n) is 7.54. The molecular formula is C25H35NS. The van der Waals surface area contributed by atoms with Crippen LogP contribution in [0.5, 0.6) is 0 Å². The fourth-order valence-electron chi connectivity index (χ4n) is 3.26. The van der Waals surface area contributed by atoms with Crippen molar-refractivity contribution in [1.29, 1.82) is 0 Å². The number of likely N-dealkylation sites (N-methyl/N-ethyl adjacent to an activating group) is 1. The Morgan fingerprint density at radius 2 is 1.48 bits per heavy atom. The Kier molecular flexibility index (Phi) is 9.17. The molecule has 0 amide bonds. The van der Waals surface area contributed by atoms with E-state index in [1.165, 1.54) is 39.3 Å². The SMILES string of the molecule is CCN(CC)CC(C)=C(c1ccccc1)c1ccc(SCCC(C)C)cc1. The average Bonchev–Trinajstić information content (AvgIpc) is 2.68. The molecule has 0 aliphatic heterocycles. The summed E-state index contributed by atoms with van der Waals surface area (Å²) in [5.74, 6) is 1.96. The van der Waals surface area contributed by atoms with E-state index in [0.29, 0.717) is 0 Å². The molecule has 0 N–H and O–H groups in total. The molecule has 2 aromatic carbocycles. The van der Waals surface area contributed by atoms with E-state index < -0.39 is 0 Å². The molecule has 0 fully saturated rings. The van der Waals surface area contributed by atoms with Crippen LogP contribution in [0.25, 0.3) is 5.57 Å². The average molecular weight is 382 g/mol. The van der Waals surface area contributed by atoms with E-state index in [1.807, 2.05) is 11.8 Å². The van der Waals surface area contributed by atoms with E-state index in [4.69, 9.17) is 0 Å². The van der Waals surface area contributed by atoms with Crippen LogP contribution in [0.1, 0.15) is 52.2 Å². The van der Waals surface area contributed by atoms with E-state index >= 15 is 0 Å². The zero-order chi connectivity index (χ0) is 19.6. The van der Waals surface area contributed by atoms with Crippen LogP contribution in [0.15, 0.2) is 65.1 Å². The number of nitrogens with zero attached hydrogens (tertiary/aromatic N) is 1. The molecule has 0 heterocycles. The summed E-state index contributed by atoms with van der Waals surface area (Å²) in [6, 6.07) is 20.0. The van der Waals surface area contributed by atoms with Gasteiger partial charge in [0, 0.05) is 11.4 Å². The number of hydrogen-bond donors (Lipinski definition) is 0. The third-order valence-corrected chi connectivity index (χ3v) is 6.00. The van der Waals surface area contributed by atoms with Gasteiger partial charge in [-0.25, -0.2) is 0 Å². The van der Waals surface area contributed by atoms with Gasteiger partial charge in [-0.1, -0.05) is 75.7 Å². The summed E-state index contributed by atoms with van der Waals surface area (Å²) < 4.78 is 0. The molecule has 0 saturated heterocycles. The fourth-order valence-corrected chi connectivity index (χ4v) is 4.41. The highest BCUT2D eigenvalue weighted by molar-refractivity contribution is 7.99. The van der Waals surface area contributed by atoms with E-state index in [-0.39, 0.29) is 0 Å². The van der Waals surface area contributed by atoms with Crippen molar-refractivity contribution in [3.63, 3.8) is 0 Å². The zero-order valence-electron chi connectivity index (χ0n) is 17.7. The third-order valence-electron chi connectivity index (χ3n) is 4.95. The van der Waals surface area contributed by atoms with Gasteiger partial charge in [0.1, 0.15) is 0 Å². The van der Waals surface area contributed by atoms with Gasteiger partial charge >= 0.3 is 0 Å². The van der Waals surface area contributed by atoms with Gasteiger partial charge in [0.2, 0.25) is 0 Å². The van der Waals surface area contributed by atoms with Gasteiger partial charge in [0.05, 0.1) is 0 Å². The summed E-state index contributed by atoms with van der Waals surface area (Å²) >= 11 is 1.97. The topological polar surface area (TPSA) is 3.24 Å². The molecule has 27 heavy (non-hydrogen) atoms. The third kappa shape index (κ3) is 6.86. The van der Waals surface area contributed by atoms with Gasteiger partial charge < -0.3 is 0 Å². The lowest BCUT2D eigenvalue weighted by molar-refractivity contribution is 0.330. The maximum absolute atomic E-state index is 2.48. The normalized spacial score (nSPS) is 12.6. The van der Waals surface area contributed by atoms with Crippen LogP contribution in [0.3, 0.4) is 0 Å². The second-order valence-corrected chi connectivity index (χ2v) is 8.71. The Balaban J connectivity index is 2.28. The molecule has 146 valence electrons. The Labute approximate surface area is 170 Å². The molecule has 0 aromatic heterocycles. The molecule has 2 heteroatoms. The minimum Gasteiger partial charge on any atom is -0.300 e. The van der Waals surface area contributed by atoms with Crippen LogP contribution < -0.4 is 0 Å². The first kappa shape index (κ1) is 21.8. The number of thioether (sulfide) groups is 1. The molecule has 2 aromatic rings. The Morgan fingerprint density at radius 3 is 2.04 bits per heavy atom. The van der Waals surface area contributed by atoms with Gasteiger partial charge in [0.25, 0.3) is 0 Å². The molecule has 0 aliphatic carbocycles. The first-order valence-corrected chi connectivity index (χ1v) is 11.2. The van der Waals surface area contributed by atoms with Gasteiger partial charge in [-0.3, -0.25) is 4.90 Å². The highest BCUT2D eigenvalue weighted by Gasteiger charge is 2.11. The Bertz CT molecular complexity index is 697. The van der Waals surface area contributed by atoms with Gasteiger partial charge in [-0.15, -0.1) is 11.8 Å². The van der Waals surface area contributed by atoms with E-state index in [2.05, 4.69) is 94.1 Å². The molecule has 1 nitrogen and oxygen atoms in total. The smallest absolute Gasteiger partial charge is 0.0199 e. The van der Waals surface area contributed by atoms with Crippen molar-refractivity contribution in [2.45, 2.75) is 45.9 Å². The molecule has 0 unspecified atom stereocenters. The number of benzene rings is 2. The number of rotatable bonds is 10. The lowest BCUT2D eigenvalue weighted by Crippen LogP contribution is -2.25. The van der Waals surface area contributed by atoms with Crippen molar-refractivity contribution < 1.29 is 0 Å². The van der Waals surface area contributed by atoms with Crippen molar-refractivity contribution in [1.82, 2.24) is 4.90 Å². The molecule has 0 aliphatic rings. The Hall–Kier alpha value is -1.51. The predicted octanol–water partition coefficient (Wildman–Crippen LogP) is 6.99. The van der Waals surface area contributed by atoms with Gasteiger partial charge in [0.15, 0.2) is 0 Å². The van der Waals surface area contributed by atoms with Crippen LogP contribution in [0.2, 0.25) is 0 Å². The maximum atomic E-state index is 2.48. The first-order valence-electron chi connectivity index (χ1n) is 10.3. The second kappa shape index (κ2) is 11.4. The van der Waals surface area contributed by atoms with E-state index in [9.17, 15) is 0 Å². The quantitative estimate of drug-likeness (QED) is 0.408. The van der Waals surface area contributed by atoms with Crippen molar-refractivity contribution in [3.05, 3.63) is 71.3 Å². The summed E-state index contributed by atoms with van der Waals surface area (Å²) in [5, 5.41) is 0. The van der Waals surface area contributed by atoms with Crippen LogP contribution in [0.4, 0.5) is 0 Å². The minimum absolute atomic E-state index is 0.770. The molecule has 0 spiro atoms. The maximum Gasteiger partial charge on any atom is 0.0199 e. The molecule has 0 radical (unpaired) electrons. The van der Waals surface area contributed by atoms with Crippen LogP contribution in [0, 0.1) is 5.92 Å². The molecule has 0 saturated carbocycles. The lowest BCUT2D eigenvalue weighted by atomic mass is 9.93. The molecule has 0 atom stereocenters. The summed E-state index contributed by atoms with van der Waals surface area (Å²) in [7, 11) is 0. The number of hydrogen-bond acceptors (Lipinski definition) is 2. The van der Waals surface area contributed by atoms with Crippen molar-refractivity contribution in [3.8, 4) is 0 Å². The van der Waals surface area contributed by atoms with Crippen LogP contribution in [-0.2, 0) is 0 Å². The van der Waals surface area contributed by atoms with Crippen molar-refractivity contribution in [2.24, 2.45) is 5.92 Å². The van der Waals surface area contributed by atoms with Crippen molar-refractivity contribution in [2.75, 3.05) is 25.4 Å². The largest absolute Gasteiger partial charge is 0.300 e. The highest BCUT2D eigenvalue weighted by Crippen LogP contribution is 2.29. The van der Waals surface area contributed by atoms with E-state index in [1.54, 1.807) is 0 Å². The van der Waals surface area contributed by atoms with E-state index in [0.717, 1.165) is 25.6 Å². The van der Waals surface area contributed by atoms with Crippen molar-refractivity contribution >= 4 is 17.3 Å². The monoisotopic (exact) mass is 381 g/mol. The summed E-state index contributed by atoms with van der Waals surface area (Å²) in [4.78, 5) is 3.85. The Morgan fingerprint density at radius 1 is 0.889 bits per heavy atom.